The highest BCUT2D eigenvalue weighted by Gasteiger charge is 2.29. The van der Waals surface area contributed by atoms with Crippen LogP contribution in [0.5, 0.6) is 0 Å². The summed E-state index contributed by atoms with van der Waals surface area (Å²) in [7, 11) is 0. The maximum Gasteiger partial charge on any atom is 0.330 e. The number of hydrogen-bond donors (Lipinski definition) is 0. The molecule has 1 aliphatic heterocycles. The number of carbonyl (C=O) groups excluding carboxylic acids is 1. The molecule has 170 valence electrons. The minimum absolute atomic E-state index is 0.0307. The smallest absolute Gasteiger partial charge is 0.330 e. The van der Waals surface area contributed by atoms with Gasteiger partial charge >= 0.3 is 5.69 Å². The number of hydrogen-bond acceptors (Lipinski definition) is 5. The van der Waals surface area contributed by atoms with Crippen LogP contribution in [0.3, 0.4) is 0 Å². The van der Waals surface area contributed by atoms with Crippen LogP contribution < -0.4 is 5.69 Å². The fraction of sp³-hybridized carbons (Fsp3) is 0.360. The first-order chi connectivity index (χ1) is 16.0. The minimum Gasteiger partial charge on any atom is -0.361 e. The van der Waals surface area contributed by atoms with E-state index in [1.807, 2.05) is 61.2 Å². The van der Waals surface area contributed by atoms with Gasteiger partial charge in [0.15, 0.2) is 5.65 Å². The van der Waals surface area contributed by atoms with Crippen LogP contribution in [0.2, 0.25) is 0 Å². The Balaban J connectivity index is 1.45. The molecule has 8 heteroatoms. The quantitative estimate of drug-likeness (QED) is 0.471. The Morgan fingerprint density at radius 1 is 1.15 bits per heavy atom. The van der Waals surface area contributed by atoms with Crippen molar-refractivity contribution in [3.05, 3.63) is 81.7 Å². The number of aromatic nitrogens is 4. The van der Waals surface area contributed by atoms with Gasteiger partial charge in [-0.05, 0) is 44.4 Å². The van der Waals surface area contributed by atoms with E-state index in [0.29, 0.717) is 31.0 Å². The molecule has 33 heavy (non-hydrogen) atoms. The highest BCUT2D eigenvalue weighted by Crippen LogP contribution is 2.25. The number of rotatable bonds is 5. The first-order valence-corrected chi connectivity index (χ1v) is 11.3. The Hall–Kier alpha value is -3.68. The van der Waals surface area contributed by atoms with Crippen molar-refractivity contribution in [2.45, 2.75) is 45.7 Å². The van der Waals surface area contributed by atoms with Crippen molar-refractivity contribution in [1.82, 2.24) is 24.2 Å². The van der Waals surface area contributed by atoms with Crippen LogP contribution >= 0.6 is 0 Å². The van der Waals surface area contributed by atoms with Gasteiger partial charge in [0.1, 0.15) is 5.76 Å². The standard InChI is InChI=1S/C25H27N5O3/c1-17-21(18(2)33-27-17)14-23(31)28-13-7-10-20(16-28)30-24-22(11-6-12-26-24)29(25(30)32)15-19-8-4-3-5-9-19/h3-6,8-9,11-12,20H,7,10,13-16H2,1-2H3/t20-/m0/s1. The second-order valence-electron chi connectivity index (χ2n) is 8.69. The van der Waals surface area contributed by atoms with Crippen molar-refractivity contribution in [3.8, 4) is 0 Å². The van der Waals surface area contributed by atoms with E-state index in [4.69, 9.17) is 4.52 Å². The first-order valence-electron chi connectivity index (χ1n) is 11.3. The molecule has 0 unspecified atom stereocenters. The fourth-order valence-electron chi connectivity index (χ4n) is 4.77. The molecule has 5 rings (SSSR count). The first kappa shape index (κ1) is 21.2. The van der Waals surface area contributed by atoms with Gasteiger partial charge in [-0.2, -0.15) is 0 Å². The number of piperidine rings is 1. The number of aryl methyl sites for hydroxylation is 2. The minimum atomic E-state index is -0.116. The van der Waals surface area contributed by atoms with Crippen molar-refractivity contribution in [2.24, 2.45) is 0 Å². The third-order valence-electron chi connectivity index (χ3n) is 6.53. The van der Waals surface area contributed by atoms with Crippen molar-refractivity contribution in [2.75, 3.05) is 13.1 Å². The number of fused-ring (bicyclic) bond motifs is 1. The second kappa shape index (κ2) is 8.69. The average molecular weight is 446 g/mol. The third kappa shape index (κ3) is 3.97. The molecule has 4 aromatic rings. The van der Waals surface area contributed by atoms with Crippen molar-refractivity contribution in [1.29, 1.82) is 0 Å². The number of nitrogens with zero attached hydrogens (tertiary/aromatic N) is 5. The summed E-state index contributed by atoms with van der Waals surface area (Å²) < 4.78 is 8.78. The SMILES string of the molecule is Cc1noc(C)c1CC(=O)N1CCC[C@H](n2c(=O)n(Cc3ccccc3)c3cccnc32)C1. The lowest BCUT2D eigenvalue weighted by Gasteiger charge is -2.33. The van der Waals surface area contributed by atoms with E-state index < -0.39 is 0 Å². The summed E-state index contributed by atoms with van der Waals surface area (Å²) in [5, 5.41) is 3.96. The molecule has 1 atom stereocenters. The summed E-state index contributed by atoms with van der Waals surface area (Å²) in [6.45, 7) is 5.34. The lowest BCUT2D eigenvalue weighted by molar-refractivity contribution is -0.132. The topological polar surface area (TPSA) is 86.2 Å². The predicted octanol–water partition coefficient (Wildman–Crippen LogP) is 3.26. The molecule has 1 aromatic carbocycles. The molecular formula is C25H27N5O3. The van der Waals surface area contributed by atoms with Crippen LogP contribution in [-0.4, -0.2) is 43.2 Å². The van der Waals surface area contributed by atoms with Crippen molar-refractivity contribution >= 4 is 17.1 Å². The molecule has 0 bridgehead atoms. The Morgan fingerprint density at radius 3 is 2.73 bits per heavy atom. The summed E-state index contributed by atoms with van der Waals surface area (Å²) in [5.41, 5.74) is 4.05. The van der Waals surface area contributed by atoms with E-state index in [-0.39, 0.29) is 24.1 Å². The van der Waals surface area contributed by atoms with E-state index in [0.717, 1.165) is 35.2 Å². The van der Waals surface area contributed by atoms with Gasteiger partial charge in [0, 0.05) is 24.8 Å². The number of benzene rings is 1. The lowest BCUT2D eigenvalue weighted by atomic mass is 10.0. The van der Waals surface area contributed by atoms with Gasteiger partial charge in [0.25, 0.3) is 0 Å². The normalized spacial score (nSPS) is 16.4. The maximum absolute atomic E-state index is 13.6. The molecule has 0 spiro atoms. The third-order valence-corrected chi connectivity index (χ3v) is 6.53. The molecule has 1 aliphatic rings. The van der Waals surface area contributed by atoms with Gasteiger partial charge in [-0.25, -0.2) is 9.78 Å². The van der Waals surface area contributed by atoms with Gasteiger partial charge in [-0.1, -0.05) is 35.5 Å². The predicted molar refractivity (Wildman–Crippen MR) is 124 cm³/mol. The molecule has 1 saturated heterocycles. The molecule has 8 nitrogen and oxygen atoms in total. The highest BCUT2D eigenvalue weighted by atomic mass is 16.5. The van der Waals surface area contributed by atoms with Crippen LogP contribution in [0.1, 0.15) is 41.5 Å². The summed E-state index contributed by atoms with van der Waals surface area (Å²) in [6.07, 6.45) is 3.64. The molecule has 0 aliphatic carbocycles. The summed E-state index contributed by atoms with van der Waals surface area (Å²) >= 11 is 0. The Labute approximate surface area is 191 Å². The highest BCUT2D eigenvalue weighted by molar-refractivity contribution is 5.79. The molecule has 1 fully saturated rings. The van der Waals surface area contributed by atoms with Gasteiger partial charge in [0.2, 0.25) is 5.91 Å². The van der Waals surface area contributed by atoms with Crippen molar-refractivity contribution in [3.63, 3.8) is 0 Å². The Kier molecular flexibility index (Phi) is 5.58. The van der Waals surface area contributed by atoms with Gasteiger partial charge < -0.3 is 9.42 Å². The number of carbonyl (C=O) groups is 1. The molecule has 0 N–H and O–H groups in total. The Morgan fingerprint density at radius 2 is 1.97 bits per heavy atom. The number of pyridine rings is 1. The van der Waals surface area contributed by atoms with Crippen LogP contribution in [0, 0.1) is 13.8 Å². The average Bonchev–Trinajstić information content (AvgIpc) is 3.30. The molecule has 3 aromatic heterocycles. The van der Waals surface area contributed by atoms with E-state index in [2.05, 4.69) is 10.1 Å². The number of likely N-dealkylation sites (tertiary alicyclic amines) is 1. The van der Waals surface area contributed by atoms with E-state index in [1.165, 1.54) is 0 Å². The summed E-state index contributed by atoms with van der Waals surface area (Å²) in [4.78, 5) is 33.1. The van der Waals surface area contributed by atoms with E-state index >= 15 is 0 Å². The van der Waals surface area contributed by atoms with Crippen LogP contribution in [0.4, 0.5) is 0 Å². The van der Waals surface area contributed by atoms with Gasteiger partial charge in [0.05, 0.1) is 30.2 Å². The van der Waals surface area contributed by atoms with Gasteiger partial charge in [-0.15, -0.1) is 0 Å². The maximum atomic E-state index is 13.6. The molecule has 0 radical (unpaired) electrons. The van der Waals surface area contributed by atoms with Gasteiger partial charge in [-0.3, -0.25) is 13.9 Å². The molecular weight excluding hydrogens is 418 g/mol. The number of amides is 1. The van der Waals surface area contributed by atoms with Crippen LogP contribution in [0.15, 0.2) is 58.0 Å². The summed E-state index contributed by atoms with van der Waals surface area (Å²) in [5.74, 6) is 0.710. The van der Waals surface area contributed by atoms with E-state index in [9.17, 15) is 9.59 Å². The van der Waals surface area contributed by atoms with E-state index in [1.54, 1.807) is 15.3 Å². The molecule has 4 heterocycles. The molecule has 1 amide bonds. The van der Waals surface area contributed by atoms with Crippen molar-refractivity contribution < 1.29 is 9.32 Å². The summed E-state index contributed by atoms with van der Waals surface area (Å²) in [6, 6.07) is 13.6. The van der Waals surface area contributed by atoms with Crippen LogP contribution in [-0.2, 0) is 17.8 Å². The van der Waals surface area contributed by atoms with Crippen LogP contribution in [0.25, 0.3) is 11.2 Å². The lowest BCUT2D eigenvalue weighted by Crippen LogP contribution is -2.43. The molecule has 0 saturated carbocycles. The zero-order valence-corrected chi connectivity index (χ0v) is 18.9. The number of imidazole rings is 1. The fourth-order valence-corrected chi connectivity index (χ4v) is 4.77. The zero-order chi connectivity index (χ0) is 22.9. The largest absolute Gasteiger partial charge is 0.361 e. The zero-order valence-electron chi connectivity index (χ0n) is 18.9. The Bertz CT molecular complexity index is 1330. The second-order valence-corrected chi connectivity index (χ2v) is 8.69. The monoisotopic (exact) mass is 445 g/mol.